The van der Waals surface area contributed by atoms with Gasteiger partial charge in [-0.25, -0.2) is 9.38 Å². The third kappa shape index (κ3) is 5.92. The molecule has 23 heavy (non-hydrogen) atoms. The van der Waals surface area contributed by atoms with Gasteiger partial charge in [0.25, 0.3) is 0 Å². The van der Waals surface area contributed by atoms with Crippen molar-refractivity contribution >= 4 is 23.3 Å². The van der Waals surface area contributed by atoms with Crippen molar-refractivity contribution in [2.75, 3.05) is 19.8 Å². The van der Waals surface area contributed by atoms with Crippen molar-refractivity contribution in [3.8, 4) is 0 Å². The van der Waals surface area contributed by atoms with Gasteiger partial charge in [-0.1, -0.05) is 0 Å². The molecule has 0 heterocycles. The van der Waals surface area contributed by atoms with Crippen LogP contribution in [0.15, 0.2) is 22.0 Å². The average Bonchev–Trinajstić information content (AvgIpc) is 2.33. The molecule has 0 atom stereocenters. The Morgan fingerprint density at radius 1 is 1.13 bits per heavy atom. The largest absolute Gasteiger partial charge is 0.449 e. The van der Waals surface area contributed by atoms with Crippen molar-refractivity contribution in [3.05, 3.63) is 23.5 Å². The first-order valence-corrected chi connectivity index (χ1v) is 7.12. The van der Waals surface area contributed by atoms with Crippen LogP contribution in [0, 0.1) is 12.7 Å². The summed E-state index contributed by atoms with van der Waals surface area (Å²) in [6.45, 7) is 1.37. The second-order valence-electron chi connectivity index (χ2n) is 4.80. The van der Waals surface area contributed by atoms with Crippen LogP contribution in [0.4, 0.5) is 36.4 Å². The highest BCUT2D eigenvalue weighted by Gasteiger charge is 2.38. The average molecular weight is 362 g/mol. The van der Waals surface area contributed by atoms with Gasteiger partial charge < -0.3 is 4.90 Å². The van der Waals surface area contributed by atoms with Crippen molar-refractivity contribution < 1.29 is 30.7 Å². The number of rotatable bonds is 3. The zero-order chi connectivity index (χ0) is 18.0. The normalized spacial score (nSPS) is 13.4. The maximum absolute atomic E-state index is 13.8. The summed E-state index contributed by atoms with van der Waals surface area (Å²) >= 11 is 0.364. The molecule has 0 aliphatic rings. The molecule has 0 unspecified atom stereocenters. The molecular formula is C13H13F7N2S. The summed E-state index contributed by atoms with van der Waals surface area (Å²) < 4.78 is 89.0. The van der Waals surface area contributed by atoms with Gasteiger partial charge in [-0.05, 0) is 24.6 Å². The van der Waals surface area contributed by atoms with E-state index >= 15 is 0 Å². The molecule has 1 aromatic rings. The minimum atomic E-state index is -4.82. The Hall–Kier alpha value is -1.45. The minimum Gasteiger partial charge on any atom is -0.359 e. The van der Waals surface area contributed by atoms with E-state index in [-0.39, 0.29) is 10.5 Å². The van der Waals surface area contributed by atoms with Crippen LogP contribution in [0.3, 0.4) is 0 Å². The highest BCUT2D eigenvalue weighted by Crippen LogP contribution is 2.34. The highest BCUT2D eigenvalue weighted by molar-refractivity contribution is 7.99. The zero-order valence-corrected chi connectivity index (χ0v) is 13.1. The Morgan fingerprint density at radius 2 is 1.70 bits per heavy atom. The summed E-state index contributed by atoms with van der Waals surface area (Å²) in [7, 11) is 2.16. The van der Waals surface area contributed by atoms with Gasteiger partial charge in [0.2, 0.25) is 5.84 Å². The van der Waals surface area contributed by atoms with Crippen LogP contribution < -0.4 is 0 Å². The molecule has 0 bridgehead atoms. The highest BCUT2D eigenvalue weighted by atomic mass is 32.2. The summed E-state index contributed by atoms with van der Waals surface area (Å²) in [5.41, 5.74) is -0.476. The summed E-state index contributed by atoms with van der Waals surface area (Å²) in [5, 5.41) is 0. The van der Waals surface area contributed by atoms with Gasteiger partial charge in [0, 0.05) is 19.0 Å². The zero-order valence-electron chi connectivity index (χ0n) is 12.3. The summed E-state index contributed by atoms with van der Waals surface area (Å²) in [4.78, 5) is 3.89. The molecule has 0 fully saturated rings. The van der Waals surface area contributed by atoms with E-state index in [2.05, 4.69) is 4.99 Å². The second-order valence-corrected chi connectivity index (χ2v) is 5.82. The molecule has 0 saturated heterocycles. The molecule has 0 aromatic heterocycles. The van der Waals surface area contributed by atoms with E-state index in [1.807, 2.05) is 0 Å². The number of aliphatic imine (C=N–C) groups is 1. The van der Waals surface area contributed by atoms with Crippen molar-refractivity contribution in [1.82, 2.24) is 4.90 Å². The van der Waals surface area contributed by atoms with Crippen LogP contribution in [-0.2, 0) is 0 Å². The lowest BCUT2D eigenvalue weighted by molar-refractivity contribution is -0.105. The van der Waals surface area contributed by atoms with Crippen LogP contribution in [0.2, 0.25) is 0 Å². The number of alkyl halides is 6. The van der Waals surface area contributed by atoms with Gasteiger partial charge in [-0.2, -0.15) is 26.3 Å². The minimum absolute atomic E-state index is 0.0164. The van der Waals surface area contributed by atoms with E-state index in [0.717, 1.165) is 26.2 Å². The Bertz CT molecular complexity index is 591. The quantitative estimate of drug-likeness (QED) is 0.328. The molecule has 10 heteroatoms. The number of thioether (sulfide) groups is 1. The summed E-state index contributed by atoms with van der Waals surface area (Å²) in [5.74, 6) is -3.63. The van der Waals surface area contributed by atoms with Gasteiger partial charge in [0.05, 0.1) is 5.75 Å². The second kappa shape index (κ2) is 6.98. The van der Waals surface area contributed by atoms with E-state index in [1.165, 1.54) is 6.92 Å². The van der Waals surface area contributed by atoms with E-state index in [0.29, 0.717) is 16.7 Å². The third-order valence-corrected chi connectivity index (χ3v) is 3.76. The molecule has 2 nitrogen and oxygen atoms in total. The lowest BCUT2D eigenvalue weighted by atomic mass is 10.2. The molecule has 0 aliphatic carbocycles. The van der Waals surface area contributed by atoms with E-state index in [4.69, 9.17) is 0 Å². The molecule has 0 N–H and O–H groups in total. The van der Waals surface area contributed by atoms with Crippen LogP contribution >= 0.6 is 11.8 Å². The van der Waals surface area contributed by atoms with Crippen molar-refractivity contribution in [3.63, 3.8) is 0 Å². The van der Waals surface area contributed by atoms with E-state index < -0.39 is 35.4 Å². The standard InChI is InChI=1S/C13H13F7N2S/c1-7-4-8(14)9(5-10(7)23-6-12(15,16)17)21-11(22(2)3)13(18,19)20/h4-5H,6H2,1-3H3. The van der Waals surface area contributed by atoms with Crippen LogP contribution in [0.25, 0.3) is 0 Å². The van der Waals surface area contributed by atoms with Crippen molar-refractivity contribution in [1.29, 1.82) is 0 Å². The van der Waals surface area contributed by atoms with Crippen molar-refractivity contribution in [2.24, 2.45) is 4.99 Å². The molecular weight excluding hydrogens is 349 g/mol. The van der Waals surface area contributed by atoms with Crippen molar-refractivity contribution in [2.45, 2.75) is 24.2 Å². The molecule has 0 aliphatic heterocycles. The first-order valence-electron chi connectivity index (χ1n) is 6.14. The fourth-order valence-electron chi connectivity index (χ4n) is 1.57. The Balaban J connectivity index is 3.26. The Kier molecular flexibility index (Phi) is 5.95. The van der Waals surface area contributed by atoms with Gasteiger partial charge >= 0.3 is 12.4 Å². The van der Waals surface area contributed by atoms with Crippen LogP contribution in [-0.4, -0.2) is 42.9 Å². The predicted octanol–water partition coefficient (Wildman–Crippen LogP) is 4.94. The topological polar surface area (TPSA) is 15.6 Å². The number of amidine groups is 1. The van der Waals surface area contributed by atoms with Gasteiger partial charge in [0.15, 0.2) is 0 Å². The predicted molar refractivity (Wildman–Crippen MR) is 74.8 cm³/mol. The molecule has 0 amide bonds. The molecule has 1 rings (SSSR count). The number of aryl methyl sites for hydroxylation is 1. The summed E-state index contributed by atoms with van der Waals surface area (Å²) in [6.07, 6.45) is -9.27. The maximum atomic E-state index is 13.8. The number of hydrogen-bond donors (Lipinski definition) is 0. The first kappa shape index (κ1) is 19.6. The number of hydrogen-bond acceptors (Lipinski definition) is 2. The Morgan fingerprint density at radius 3 is 2.13 bits per heavy atom. The third-order valence-electron chi connectivity index (χ3n) is 2.54. The molecule has 130 valence electrons. The number of nitrogens with zero attached hydrogens (tertiary/aromatic N) is 2. The van der Waals surface area contributed by atoms with Crippen LogP contribution in [0.5, 0.6) is 0 Å². The molecule has 0 radical (unpaired) electrons. The Labute approximate surface area is 132 Å². The van der Waals surface area contributed by atoms with Gasteiger partial charge in [-0.3, -0.25) is 0 Å². The monoisotopic (exact) mass is 362 g/mol. The smallest absolute Gasteiger partial charge is 0.359 e. The molecule has 0 saturated carbocycles. The lowest BCUT2D eigenvalue weighted by Crippen LogP contribution is -2.36. The maximum Gasteiger partial charge on any atom is 0.449 e. The number of halogens is 7. The fourth-order valence-corrected chi connectivity index (χ4v) is 2.37. The van der Waals surface area contributed by atoms with E-state index in [9.17, 15) is 30.7 Å². The molecule has 1 aromatic carbocycles. The van der Waals surface area contributed by atoms with Crippen LogP contribution in [0.1, 0.15) is 5.56 Å². The fraction of sp³-hybridized carbons (Fsp3) is 0.462. The van der Waals surface area contributed by atoms with Gasteiger partial charge in [0.1, 0.15) is 11.5 Å². The molecule has 0 spiro atoms. The first-order chi connectivity index (χ1) is 10.3. The van der Waals surface area contributed by atoms with E-state index in [1.54, 1.807) is 0 Å². The lowest BCUT2D eigenvalue weighted by Gasteiger charge is -2.18. The van der Waals surface area contributed by atoms with Gasteiger partial charge in [-0.15, -0.1) is 11.8 Å². The summed E-state index contributed by atoms with van der Waals surface area (Å²) in [6, 6.07) is 1.75. The SMILES string of the molecule is Cc1cc(F)c(N=C(N(C)C)C(F)(F)F)cc1SCC(F)(F)F. The number of benzene rings is 1.